The average molecular weight is 400 g/mol. The zero-order valence-electron chi connectivity index (χ0n) is 16.2. The summed E-state index contributed by atoms with van der Waals surface area (Å²) in [5.74, 6) is -1.80. The molecule has 0 saturated carbocycles. The van der Waals surface area contributed by atoms with Crippen molar-refractivity contribution in [3.8, 4) is 0 Å². The van der Waals surface area contributed by atoms with E-state index in [-0.39, 0.29) is 0 Å². The summed E-state index contributed by atoms with van der Waals surface area (Å²) in [5.41, 5.74) is 7.28. The maximum absolute atomic E-state index is 11.2. The van der Waals surface area contributed by atoms with Crippen LogP contribution in [0.25, 0.3) is 0 Å². The van der Waals surface area contributed by atoms with Gasteiger partial charge < -0.3 is 20.0 Å². The molecule has 0 radical (unpaired) electrons. The molecule has 0 fully saturated rings. The first-order chi connectivity index (χ1) is 14.5. The van der Waals surface area contributed by atoms with Gasteiger partial charge in [-0.15, -0.1) is 0 Å². The molecule has 0 spiro atoms. The van der Waals surface area contributed by atoms with Crippen molar-refractivity contribution < 1.29 is 19.8 Å². The predicted molar refractivity (Wildman–Crippen MR) is 113 cm³/mol. The number of hydrogen-bond acceptors (Lipinski definition) is 4. The van der Waals surface area contributed by atoms with Gasteiger partial charge in [-0.2, -0.15) is 0 Å². The van der Waals surface area contributed by atoms with Crippen molar-refractivity contribution in [1.82, 2.24) is 0 Å². The van der Waals surface area contributed by atoms with Gasteiger partial charge in [0.2, 0.25) is 0 Å². The molecule has 2 N–H and O–H groups in total. The van der Waals surface area contributed by atoms with Gasteiger partial charge in [0, 0.05) is 37.6 Å². The number of benzene rings is 3. The van der Waals surface area contributed by atoms with Crippen LogP contribution in [0.5, 0.6) is 0 Å². The molecule has 0 aliphatic carbocycles. The summed E-state index contributed by atoms with van der Waals surface area (Å²) in [6, 6.07) is 19.0. The van der Waals surface area contributed by atoms with Crippen molar-refractivity contribution in [3.63, 3.8) is 0 Å². The second kappa shape index (κ2) is 6.91. The van der Waals surface area contributed by atoms with Crippen molar-refractivity contribution in [2.45, 2.75) is 26.2 Å². The van der Waals surface area contributed by atoms with E-state index in [1.54, 1.807) is 24.3 Å². The molecule has 0 aromatic heterocycles. The van der Waals surface area contributed by atoms with Gasteiger partial charge in [0.25, 0.3) is 0 Å². The first-order valence-electron chi connectivity index (χ1n) is 9.78. The van der Waals surface area contributed by atoms with Crippen LogP contribution in [-0.2, 0) is 26.2 Å². The maximum atomic E-state index is 11.2. The number of fused-ring (bicyclic) bond motifs is 2. The summed E-state index contributed by atoms with van der Waals surface area (Å²) in [4.78, 5) is 26.9. The molecule has 0 saturated heterocycles. The van der Waals surface area contributed by atoms with Crippen LogP contribution >= 0.6 is 0 Å². The lowest BCUT2D eigenvalue weighted by Gasteiger charge is -2.21. The van der Waals surface area contributed by atoms with Gasteiger partial charge in [0.05, 0.1) is 11.1 Å². The fraction of sp³-hybridized carbons (Fsp3) is 0.167. The van der Waals surface area contributed by atoms with Crippen molar-refractivity contribution in [1.29, 1.82) is 0 Å². The first kappa shape index (κ1) is 18.2. The number of hydrogen-bond donors (Lipinski definition) is 2. The van der Waals surface area contributed by atoms with Crippen molar-refractivity contribution in [3.05, 3.63) is 94.0 Å². The fourth-order valence-electron chi connectivity index (χ4n) is 4.29. The van der Waals surface area contributed by atoms with Crippen LogP contribution in [0.2, 0.25) is 0 Å². The summed E-state index contributed by atoms with van der Waals surface area (Å²) in [6.45, 7) is 2.93. The number of carboxylic acid groups (broad SMARTS) is 2. The number of rotatable bonds is 4. The summed E-state index contributed by atoms with van der Waals surface area (Å²) in [5, 5.41) is 18.4. The largest absolute Gasteiger partial charge is 0.478 e. The summed E-state index contributed by atoms with van der Waals surface area (Å²) in [7, 11) is 0. The fourth-order valence-corrected chi connectivity index (χ4v) is 4.29. The van der Waals surface area contributed by atoms with Crippen LogP contribution in [-0.4, -0.2) is 22.2 Å². The van der Waals surface area contributed by atoms with Gasteiger partial charge in [-0.3, -0.25) is 0 Å². The Morgan fingerprint density at radius 3 is 1.30 bits per heavy atom. The predicted octanol–water partition coefficient (Wildman–Crippen LogP) is 4.12. The van der Waals surface area contributed by atoms with E-state index < -0.39 is 11.9 Å². The third kappa shape index (κ3) is 3.16. The minimum absolute atomic E-state index is 0.325. The Morgan fingerprint density at radius 1 is 0.567 bits per heavy atom. The average Bonchev–Trinajstić information content (AvgIpc) is 3.36. The Hall–Kier alpha value is -3.80. The van der Waals surface area contributed by atoms with Gasteiger partial charge in [-0.1, -0.05) is 12.1 Å². The van der Waals surface area contributed by atoms with Gasteiger partial charge in [0.15, 0.2) is 0 Å². The minimum Gasteiger partial charge on any atom is -0.478 e. The molecule has 0 amide bonds. The van der Waals surface area contributed by atoms with Crippen molar-refractivity contribution >= 4 is 23.3 Å². The van der Waals surface area contributed by atoms with E-state index in [1.165, 1.54) is 0 Å². The van der Waals surface area contributed by atoms with E-state index in [0.717, 1.165) is 46.7 Å². The highest BCUT2D eigenvalue weighted by Crippen LogP contribution is 2.33. The highest BCUT2D eigenvalue weighted by atomic mass is 16.4. The van der Waals surface area contributed by atoms with E-state index in [1.807, 2.05) is 12.1 Å². The van der Waals surface area contributed by atoms with E-state index >= 15 is 0 Å². The topological polar surface area (TPSA) is 81.1 Å². The zero-order chi connectivity index (χ0) is 20.8. The Bertz CT molecular complexity index is 1080. The molecule has 5 rings (SSSR count). The number of carbonyl (C=O) groups is 2. The Balaban J connectivity index is 1.31. The van der Waals surface area contributed by atoms with Crippen LogP contribution in [0, 0.1) is 0 Å². The van der Waals surface area contributed by atoms with Crippen LogP contribution in [0.1, 0.15) is 43.0 Å². The standard InChI is InChI=1S/C24H20N2O4/c27-23(28)15-1-3-17-11-25(13-19(17)9-15)21-5-7-22(8-6-21)26-12-18-4-2-16(24(29)30)10-20(18)14-26/h1-10H,11-14H2,(H,27,28)(H,29,30). The van der Waals surface area contributed by atoms with Gasteiger partial charge in [-0.05, 0) is 70.8 Å². The lowest BCUT2D eigenvalue weighted by molar-refractivity contribution is 0.0686. The third-order valence-corrected chi connectivity index (χ3v) is 5.93. The molecule has 2 aliphatic rings. The lowest BCUT2D eigenvalue weighted by atomic mass is 10.1. The van der Waals surface area contributed by atoms with Crippen LogP contribution in [0.3, 0.4) is 0 Å². The second-order valence-electron chi connectivity index (χ2n) is 7.81. The highest BCUT2D eigenvalue weighted by Gasteiger charge is 2.23. The number of carboxylic acids is 2. The monoisotopic (exact) mass is 400 g/mol. The van der Waals surface area contributed by atoms with Crippen molar-refractivity contribution in [2.75, 3.05) is 9.80 Å². The summed E-state index contributed by atoms with van der Waals surface area (Å²) >= 11 is 0. The number of anilines is 2. The molecule has 3 aromatic rings. The molecule has 6 heteroatoms. The molecular formula is C24H20N2O4. The van der Waals surface area contributed by atoms with Crippen LogP contribution in [0.4, 0.5) is 11.4 Å². The van der Waals surface area contributed by atoms with Crippen LogP contribution in [0.15, 0.2) is 60.7 Å². The summed E-state index contributed by atoms with van der Waals surface area (Å²) < 4.78 is 0. The maximum Gasteiger partial charge on any atom is 0.335 e. The molecule has 6 nitrogen and oxygen atoms in total. The van der Waals surface area contributed by atoms with Gasteiger partial charge >= 0.3 is 11.9 Å². The normalized spacial score (nSPS) is 14.5. The smallest absolute Gasteiger partial charge is 0.335 e. The second-order valence-corrected chi connectivity index (χ2v) is 7.81. The highest BCUT2D eigenvalue weighted by molar-refractivity contribution is 5.88. The first-order valence-corrected chi connectivity index (χ1v) is 9.78. The Morgan fingerprint density at radius 2 is 0.933 bits per heavy atom. The lowest BCUT2D eigenvalue weighted by Crippen LogP contribution is -2.16. The molecule has 30 heavy (non-hydrogen) atoms. The van der Waals surface area contributed by atoms with Gasteiger partial charge in [0.1, 0.15) is 0 Å². The van der Waals surface area contributed by atoms with E-state index in [2.05, 4.69) is 34.1 Å². The molecule has 150 valence electrons. The Kier molecular flexibility index (Phi) is 4.20. The van der Waals surface area contributed by atoms with E-state index in [4.69, 9.17) is 0 Å². The molecular weight excluding hydrogens is 380 g/mol. The Labute approximate surface area is 173 Å². The molecule has 0 bridgehead atoms. The van der Waals surface area contributed by atoms with Gasteiger partial charge in [-0.25, -0.2) is 9.59 Å². The number of aromatic carboxylic acids is 2. The number of nitrogens with zero attached hydrogens (tertiary/aromatic N) is 2. The molecule has 0 atom stereocenters. The molecule has 2 aliphatic heterocycles. The van der Waals surface area contributed by atoms with Crippen molar-refractivity contribution in [2.24, 2.45) is 0 Å². The van der Waals surface area contributed by atoms with Crippen LogP contribution < -0.4 is 9.80 Å². The van der Waals surface area contributed by atoms with E-state index in [9.17, 15) is 19.8 Å². The minimum atomic E-state index is -0.900. The molecule has 2 heterocycles. The quantitative estimate of drug-likeness (QED) is 0.686. The summed E-state index contributed by atoms with van der Waals surface area (Å²) in [6.07, 6.45) is 0. The SMILES string of the molecule is O=C(O)c1ccc2c(c1)CN(c1ccc(N3Cc4ccc(C(=O)O)cc4C3)cc1)C2. The van der Waals surface area contributed by atoms with E-state index in [0.29, 0.717) is 24.2 Å². The molecule has 0 unspecified atom stereocenters. The third-order valence-electron chi connectivity index (χ3n) is 5.93. The molecule has 3 aromatic carbocycles. The zero-order valence-corrected chi connectivity index (χ0v) is 16.2.